The topological polar surface area (TPSA) is 195 Å². The van der Waals surface area contributed by atoms with E-state index in [1.54, 1.807) is 0 Å². The van der Waals surface area contributed by atoms with Crippen LogP contribution in [0, 0.1) is 11.6 Å². The highest BCUT2D eigenvalue weighted by Gasteiger charge is 2.41. The van der Waals surface area contributed by atoms with Crippen molar-refractivity contribution in [1.29, 1.82) is 0 Å². The molecule has 2 aliphatic rings. The largest absolute Gasteiger partial charge is 0.547 e. The number of halogens is 2. The van der Waals surface area contributed by atoms with Crippen molar-refractivity contribution >= 4 is 31.1 Å². The smallest absolute Gasteiger partial charge is 0.534 e. The number of phenols is 1. The van der Waals surface area contributed by atoms with Crippen LogP contribution in [0.15, 0.2) is 30.3 Å². The first-order valence-corrected chi connectivity index (χ1v) is 12.3. The number of aromatic carboxylic acids is 1. The number of hydrogen-bond donors (Lipinski definition) is 6. The number of benzene rings is 2. The second-order valence-corrected chi connectivity index (χ2v) is 9.20. The van der Waals surface area contributed by atoms with Crippen LogP contribution in [0.3, 0.4) is 0 Å². The molecule has 7 N–H and O–H groups in total. The highest BCUT2D eigenvalue weighted by Crippen LogP contribution is 2.31. The van der Waals surface area contributed by atoms with E-state index in [2.05, 4.69) is 10.6 Å². The Kier molecular flexibility index (Phi) is 8.39. The van der Waals surface area contributed by atoms with E-state index in [1.165, 1.54) is 23.1 Å². The van der Waals surface area contributed by atoms with Gasteiger partial charge in [0.15, 0.2) is 0 Å². The molecule has 0 aliphatic carbocycles. The molecule has 0 unspecified atom stereocenters. The molecular weight excluding hydrogens is 535 g/mol. The molecule has 2 heterocycles. The molecule has 5 amide bonds. The molecule has 1 fully saturated rings. The van der Waals surface area contributed by atoms with Gasteiger partial charge in [0.1, 0.15) is 29.2 Å². The molecule has 0 spiro atoms. The lowest BCUT2D eigenvalue weighted by Gasteiger charge is -2.35. The summed E-state index contributed by atoms with van der Waals surface area (Å²) in [7, 11) is -1.75. The maximum Gasteiger partial charge on any atom is 0.547 e. The first-order chi connectivity index (χ1) is 19.0. The summed E-state index contributed by atoms with van der Waals surface area (Å²) in [6.45, 7) is 0.617. The number of nitrogens with zero attached hydrogens (tertiary/aromatic N) is 2. The van der Waals surface area contributed by atoms with Crippen LogP contribution in [-0.4, -0.2) is 88.2 Å². The third-order valence-electron chi connectivity index (χ3n) is 6.52. The van der Waals surface area contributed by atoms with Crippen LogP contribution in [0.1, 0.15) is 33.9 Å². The zero-order chi connectivity index (χ0) is 29.1. The lowest BCUT2D eigenvalue weighted by Crippen LogP contribution is -2.58. The molecule has 13 nitrogen and oxygen atoms in total. The highest BCUT2D eigenvalue weighted by molar-refractivity contribution is 6.47. The van der Waals surface area contributed by atoms with Gasteiger partial charge >= 0.3 is 25.1 Å². The molecule has 1 saturated heterocycles. The summed E-state index contributed by atoms with van der Waals surface area (Å²) in [6.07, 6.45) is 0.268. The third kappa shape index (κ3) is 5.77. The minimum absolute atomic E-state index is 0.0293. The minimum Gasteiger partial charge on any atom is -0.534 e. The third-order valence-corrected chi connectivity index (χ3v) is 6.52. The molecule has 16 heteroatoms. The summed E-state index contributed by atoms with van der Waals surface area (Å²) in [5.41, 5.74) is 4.70. The molecule has 2 aromatic carbocycles. The quantitative estimate of drug-likeness (QED) is 0.259. The summed E-state index contributed by atoms with van der Waals surface area (Å²) < 4.78 is 35.1. The van der Waals surface area contributed by atoms with Gasteiger partial charge in [-0.25, -0.2) is 28.1 Å². The van der Waals surface area contributed by atoms with E-state index in [9.17, 15) is 43.2 Å². The van der Waals surface area contributed by atoms with Crippen LogP contribution in [0.5, 0.6) is 11.5 Å². The van der Waals surface area contributed by atoms with Crippen molar-refractivity contribution in [3.8, 4) is 11.5 Å². The van der Waals surface area contributed by atoms with E-state index in [0.29, 0.717) is 30.7 Å². The number of carbonyl (C=O) groups excluding carboxylic acids is 3. The van der Waals surface area contributed by atoms with Gasteiger partial charge in [0, 0.05) is 38.3 Å². The predicted octanol–water partition coefficient (Wildman–Crippen LogP) is 0.345. The molecule has 0 radical (unpaired) electrons. The Labute approximate surface area is 226 Å². The highest BCUT2D eigenvalue weighted by atomic mass is 19.1. The van der Waals surface area contributed by atoms with Gasteiger partial charge in [0.2, 0.25) is 5.91 Å². The Hall–Kier alpha value is -4.44. The number of nitrogens with two attached hydrogens (primary N) is 1. The second kappa shape index (κ2) is 11.8. The minimum atomic E-state index is -2.05. The average Bonchev–Trinajstić information content (AvgIpc) is 2.88. The Morgan fingerprint density at radius 3 is 2.55 bits per heavy atom. The number of carbonyl (C=O) groups is 4. The van der Waals surface area contributed by atoms with Crippen LogP contribution in [0.4, 0.5) is 18.4 Å². The van der Waals surface area contributed by atoms with Gasteiger partial charge in [-0.3, -0.25) is 4.79 Å². The van der Waals surface area contributed by atoms with Crippen molar-refractivity contribution in [2.45, 2.75) is 24.8 Å². The van der Waals surface area contributed by atoms with Crippen LogP contribution < -0.4 is 21.0 Å². The fourth-order valence-corrected chi connectivity index (χ4v) is 4.63. The zero-order valence-electron chi connectivity index (χ0n) is 21.0. The number of phenolic OH excluding ortho intramolecular Hbond substituents is 1. The van der Waals surface area contributed by atoms with Gasteiger partial charge in [-0.05, 0) is 24.5 Å². The number of carboxylic acids is 1. The van der Waals surface area contributed by atoms with Gasteiger partial charge in [0.05, 0.1) is 17.1 Å². The van der Waals surface area contributed by atoms with Crippen molar-refractivity contribution in [2.24, 2.45) is 5.73 Å². The Morgan fingerprint density at radius 2 is 1.90 bits per heavy atom. The number of imide groups is 1. The van der Waals surface area contributed by atoms with Crippen LogP contribution >= 0.6 is 0 Å². The van der Waals surface area contributed by atoms with E-state index < -0.39 is 66.0 Å². The number of rotatable bonds is 7. The van der Waals surface area contributed by atoms with Crippen LogP contribution in [0.25, 0.3) is 0 Å². The maximum absolute atomic E-state index is 14.9. The van der Waals surface area contributed by atoms with Gasteiger partial charge in [0.25, 0.3) is 0 Å². The molecule has 2 atom stereocenters. The van der Waals surface area contributed by atoms with Crippen molar-refractivity contribution in [3.63, 3.8) is 0 Å². The number of urea groups is 2. The fraction of sp³-hybridized carbons (Fsp3) is 0.333. The monoisotopic (exact) mass is 561 g/mol. The molecular formula is C24H26BF2N5O8. The van der Waals surface area contributed by atoms with Crippen molar-refractivity contribution in [2.75, 3.05) is 26.2 Å². The number of aromatic hydroxyl groups is 1. The number of nitrogens with one attached hydrogen (secondary N) is 2. The van der Waals surface area contributed by atoms with E-state index in [-0.39, 0.29) is 37.4 Å². The van der Waals surface area contributed by atoms with Gasteiger partial charge in [-0.1, -0.05) is 12.1 Å². The second-order valence-electron chi connectivity index (χ2n) is 9.20. The molecule has 0 aromatic heterocycles. The summed E-state index contributed by atoms with van der Waals surface area (Å²) in [6, 6.07) is 1.44. The van der Waals surface area contributed by atoms with Crippen molar-refractivity contribution in [3.05, 3.63) is 58.7 Å². The van der Waals surface area contributed by atoms with E-state index in [0.717, 1.165) is 4.90 Å². The summed E-state index contributed by atoms with van der Waals surface area (Å²) in [5.74, 6) is -7.28. The van der Waals surface area contributed by atoms with Gasteiger partial charge in [-0.15, -0.1) is 0 Å². The first kappa shape index (κ1) is 28.6. The lowest BCUT2D eigenvalue weighted by atomic mass is 9.72. The number of hydrogen-bond acceptors (Lipinski definition) is 8. The number of para-hydroxylation sites is 1. The molecule has 2 aromatic rings. The zero-order valence-corrected chi connectivity index (χ0v) is 21.0. The van der Waals surface area contributed by atoms with Crippen molar-refractivity contribution < 1.29 is 47.9 Å². The molecule has 40 heavy (non-hydrogen) atoms. The average molecular weight is 561 g/mol. The lowest BCUT2D eigenvalue weighted by molar-refractivity contribution is -0.123. The molecule has 0 bridgehead atoms. The number of carboxylic acid groups (broad SMARTS) is 1. The van der Waals surface area contributed by atoms with Crippen LogP contribution in [-0.2, 0) is 11.2 Å². The molecule has 4 rings (SSSR count). The van der Waals surface area contributed by atoms with E-state index in [1.807, 2.05) is 0 Å². The van der Waals surface area contributed by atoms with Gasteiger partial charge in [-0.2, -0.15) is 0 Å². The standard InChI is InChI=1S/C24H26BF2N5O8/c26-15-10-13(33)11-16(27)18(15)19(30-23(37)32-7-2-6-31(8-5-28)24(32)38)21(34)29-17-9-12-3-1-4-14(22(35)36)20(12)40-25(17)39/h1,3-4,10-11,17,19,33,39H,2,5-9,28H2,(H,29,34)(H,30,37)(H,35,36)/t17-,19+/m0/s1. The van der Waals surface area contributed by atoms with Crippen LogP contribution in [0.2, 0.25) is 0 Å². The predicted molar refractivity (Wildman–Crippen MR) is 134 cm³/mol. The molecule has 0 saturated carbocycles. The van der Waals surface area contributed by atoms with Gasteiger partial charge < -0.3 is 41.2 Å². The normalized spacial score (nSPS) is 17.6. The Morgan fingerprint density at radius 1 is 1.20 bits per heavy atom. The maximum atomic E-state index is 14.9. The Balaban J connectivity index is 1.61. The van der Waals surface area contributed by atoms with E-state index >= 15 is 0 Å². The number of amides is 5. The van der Waals surface area contributed by atoms with Crippen molar-refractivity contribution in [1.82, 2.24) is 20.4 Å². The molecule has 212 valence electrons. The first-order valence-electron chi connectivity index (χ1n) is 12.3. The summed E-state index contributed by atoms with van der Waals surface area (Å²) in [5, 5.41) is 34.0. The molecule has 2 aliphatic heterocycles. The van der Waals surface area contributed by atoms with E-state index in [4.69, 9.17) is 10.4 Å². The summed E-state index contributed by atoms with van der Waals surface area (Å²) >= 11 is 0. The summed E-state index contributed by atoms with van der Waals surface area (Å²) in [4.78, 5) is 52.8. The SMILES string of the molecule is NCCN1CCCN(C(=O)N[C@@H](C(=O)N[C@H]2Cc3cccc(C(=O)O)c3OB2O)c2c(F)cc(O)cc2F)C1=O. The Bertz CT molecular complexity index is 1320. The fourth-order valence-electron chi connectivity index (χ4n) is 4.63. The number of fused-ring (bicyclic) bond motifs is 1.